The van der Waals surface area contributed by atoms with Gasteiger partial charge in [0.2, 0.25) is 0 Å². The van der Waals surface area contributed by atoms with E-state index in [4.69, 9.17) is 10.5 Å². The van der Waals surface area contributed by atoms with Gasteiger partial charge in [-0.2, -0.15) is 0 Å². The predicted molar refractivity (Wildman–Crippen MR) is 86.0 cm³/mol. The van der Waals surface area contributed by atoms with E-state index in [9.17, 15) is 9.59 Å². The molecule has 2 aromatic rings. The molecule has 1 aromatic heterocycles. The molecule has 2 rings (SSSR count). The van der Waals surface area contributed by atoms with Crippen molar-refractivity contribution in [1.29, 1.82) is 0 Å². The number of primary amides is 1. The average Bonchev–Trinajstić information content (AvgIpc) is 3.05. The third-order valence-electron chi connectivity index (χ3n) is 3.34. The van der Waals surface area contributed by atoms with Crippen LogP contribution in [0, 0.1) is 0 Å². The molecule has 0 fully saturated rings. The Kier molecular flexibility index (Phi) is 5.16. The summed E-state index contributed by atoms with van der Waals surface area (Å²) in [5, 5.41) is 2.00. The Bertz CT molecular complexity index is 638. The van der Waals surface area contributed by atoms with Gasteiger partial charge in [0.25, 0.3) is 11.8 Å². The first-order valence-electron chi connectivity index (χ1n) is 6.80. The smallest absolute Gasteiger partial charge is 0.255 e. The summed E-state index contributed by atoms with van der Waals surface area (Å²) in [5.74, 6) is -0.101. The molecule has 0 radical (unpaired) electrons. The van der Waals surface area contributed by atoms with Crippen LogP contribution in [0.15, 0.2) is 41.8 Å². The van der Waals surface area contributed by atoms with Crippen molar-refractivity contribution in [2.75, 3.05) is 13.7 Å². The van der Waals surface area contributed by atoms with Crippen molar-refractivity contribution < 1.29 is 14.3 Å². The van der Waals surface area contributed by atoms with Crippen molar-refractivity contribution in [1.82, 2.24) is 4.90 Å². The minimum absolute atomic E-state index is 0.0123. The number of hydrogen-bond acceptors (Lipinski definition) is 4. The largest absolute Gasteiger partial charge is 0.484 e. The van der Waals surface area contributed by atoms with Gasteiger partial charge in [0.1, 0.15) is 5.75 Å². The lowest BCUT2D eigenvalue weighted by atomic mass is 10.1. The Labute approximate surface area is 133 Å². The van der Waals surface area contributed by atoms with E-state index in [0.29, 0.717) is 11.3 Å². The highest BCUT2D eigenvalue weighted by atomic mass is 32.1. The van der Waals surface area contributed by atoms with Crippen molar-refractivity contribution in [3.63, 3.8) is 0 Å². The molecule has 0 spiro atoms. The highest BCUT2D eigenvalue weighted by molar-refractivity contribution is 7.10. The molecule has 22 heavy (non-hydrogen) atoms. The zero-order chi connectivity index (χ0) is 16.1. The van der Waals surface area contributed by atoms with E-state index in [1.165, 1.54) is 0 Å². The molecule has 5 nitrogen and oxygen atoms in total. The molecule has 1 heterocycles. The van der Waals surface area contributed by atoms with Crippen molar-refractivity contribution in [2.45, 2.75) is 13.0 Å². The zero-order valence-electron chi connectivity index (χ0n) is 12.5. The summed E-state index contributed by atoms with van der Waals surface area (Å²) in [6.45, 7) is 1.82. The maximum Gasteiger partial charge on any atom is 0.255 e. The lowest BCUT2D eigenvalue weighted by Crippen LogP contribution is -2.29. The first-order chi connectivity index (χ1) is 10.5. The molecule has 0 bridgehead atoms. The molecule has 1 aromatic carbocycles. The standard InChI is InChI=1S/C16H18N2O3S/c1-11(14-4-3-9-22-14)18(2)16(20)12-5-7-13(8-6-12)21-10-15(17)19/h3-9,11H,10H2,1-2H3,(H2,17,19)/t11-/m1/s1. The average molecular weight is 318 g/mol. The predicted octanol–water partition coefficient (Wildman–Crippen LogP) is 2.45. The molecule has 6 heteroatoms. The van der Waals surface area contributed by atoms with Crippen LogP contribution in [0.4, 0.5) is 0 Å². The molecule has 1 atom stereocenters. The zero-order valence-corrected chi connectivity index (χ0v) is 13.3. The SMILES string of the molecule is C[C@H](c1cccs1)N(C)C(=O)c1ccc(OCC(N)=O)cc1. The number of ether oxygens (including phenoxy) is 1. The van der Waals surface area contributed by atoms with Crippen molar-refractivity contribution >= 4 is 23.2 Å². The van der Waals surface area contributed by atoms with Crippen LogP contribution in [-0.2, 0) is 4.79 Å². The number of rotatable bonds is 6. The molecular weight excluding hydrogens is 300 g/mol. The van der Waals surface area contributed by atoms with Crippen LogP contribution in [-0.4, -0.2) is 30.4 Å². The Morgan fingerprint density at radius 3 is 2.50 bits per heavy atom. The molecule has 116 valence electrons. The maximum atomic E-state index is 12.5. The normalized spacial score (nSPS) is 11.7. The second-order valence-corrected chi connectivity index (χ2v) is 5.87. The topological polar surface area (TPSA) is 72.6 Å². The third kappa shape index (κ3) is 3.85. The summed E-state index contributed by atoms with van der Waals surface area (Å²) >= 11 is 1.63. The van der Waals surface area contributed by atoms with E-state index in [1.807, 2.05) is 24.4 Å². The summed E-state index contributed by atoms with van der Waals surface area (Å²) in [6.07, 6.45) is 0. The number of nitrogens with zero attached hydrogens (tertiary/aromatic N) is 1. The van der Waals surface area contributed by atoms with Crippen LogP contribution in [0.3, 0.4) is 0 Å². The van der Waals surface area contributed by atoms with Crippen LogP contribution >= 0.6 is 11.3 Å². The van der Waals surface area contributed by atoms with Gasteiger partial charge >= 0.3 is 0 Å². The van der Waals surface area contributed by atoms with Crippen molar-refractivity contribution in [2.24, 2.45) is 5.73 Å². The summed E-state index contributed by atoms with van der Waals surface area (Å²) in [4.78, 5) is 26.0. The molecular formula is C16H18N2O3S. The van der Waals surface area contributed by atoms with Crippen molar-refractivity contribution in [3.8, 4) is 5.75 Å². The van der Waals surface area contributed by atoms with E-state index in [-0.39, 0.29) is 18.6 Å². The lowest BCUT2D eigenvalue weighted by molar-refractivity contribution is -0.119. The Balaban J connectivity index is 2.04. The summed E-state index contributed by atoms with van der Waals surface area (Å²) in [7, 11) is 1.78. The molecule has 0 saturated carbocycles. The molecule has 2 N–H and O–H groups in total. The van der Waals surface area contributed by atoms with E-state index in [2.05, 4.69) is 0 Å². The summed E-state index contributed by atoms with van der Waals surface area (Å²) < 4.78 is 5.17. The fourth-order valence-corrected chi connectivity index (χ4v) is 2.77. The molecule has 0 aliphatic carbocycles. The second kappa shape index (κ2) is 7.09. The molecule has 0 aliphatic rings. The molecule has 0 aliphatic heterocycles. The molecule has 0 unspecified atom stereocenters. The first kappa shape index (κ1) is 16.0. The number of carbonyl (C=O) groups is 2. The van der Waals surface area contributed by atoms with Crippen molar-refractivity contribution in [3.05, 3.63) is 52.2 Å². The number of hydrogen-bond donors (Lipinski definition) is 1. The second-order valence-electron chi connectivity index (χ2n) is 4.89. The van der Waals surface area contributed by atoms with E-state index in [1.54, 1.807) is 47.5 Å². The van der Waals surface area contributed by atoms with Gasteiger partial charge in [-0.25, -0.2) is 0 Å². The number of nitrogens with two attached hydrogens (primary N) is 1. The van der Waals surface area contributed by atoms with E-state index < -0.39 is 5.91 Å². The van der Waals surface area contributed by atoms with Crippen LogP contribution < -0.4 is 10.5 Å². The van der Waals surface area contributed by atoms with Gasteiger partial charge in [-0.1, -0.05) is 6.07 Å². The molecule has 0 saturated heterocycles. The van der Waals surface area contributed by atoms with Crippen LogP contribution in [0.1, 0.15) is 28.2 Å². The number of carbonyl (C=O) groups excluding carboxylic acids is 2. The van der Waals surface area contributed by atoms with E-state index >= 15 is 0 Å². The number of benzene rings is 1. The Morgan fingerprint density at radius 1 is 1.27 bits per heavy atom. The van der Waals surface area contributed by atoms with Crippen LogP contribution in [0.5, 0.6) is 5.75 Å². The fourth-order valence-electron chi connectivity index (χ4n) is 1.95. The van der Waals surface area contributed by atoms with Crippen LogP contribution in [0.2, 0.25) is 0 Å². The van der Waals surface area contributed by atoms with Gasteiger partial charge < -0.3 is 15.4 Å². The minimum atomic E-state index is -0.537. The highest BCUT2D eigenvalue weighted by Gasteiger charge is 2.19. The first-order valence-corrected chi connectivity index (χ1v) is 7.68. The summed E-state index contributed by atoms with van der Waals surface area (Å²) in [5.41, 5.74) is 5.58. The van der Waals surface area contributed by atoms with Gasteiger partial charge in [0.15, 0.2) is 6.61 Å². The fraction of sp³-hybridized carbons (Fsp3) is 0.250. The monoisotopic (exact) mass is 318 g/mol. The number of thiophene rings is 1. The van der Waals surface area contributed by atoms with Gasteiger partial charge in [-0.3, -0.25) is 9.59 Å². The van der Waals surface area contributed by atoms with Crippen LogP contribution in [0.25, 0.3) is 0 Å². The lowest BCUT2D eigenvalue weighted by Gasteiger charge is -2.24. The van der Waals surface area contributed by atoms with Gasteiger partial charge in [0, 0.05) is 17.5 Å². The number of amides is 2. The summed E-state index contributed by atoms with van der Waals surface area (Å²) in [6, 6.07) is 10.7. The molecule has 2 amide bonds. The van der Waals surface area contributed by atoms with E-state index in [0.717, 1.165) is 4.88 Å². The minimum Gasteiger partial charge on any atom is -0.484 e. The van der Waals surface area contributed by atoms with Gasteiger partial charge in [-0.05, 0) is 42.6 Å². The highest BCUT2D eigenvalue weighted by Crippen LogP contribution is 2.25. The maximum absolute atomic E-state index is 12.5. The Morgan fingerprint density at radius 2 is 1.95 bits per heavy atom. The third-order valence-corrected chi connectivity index (χ3v) is 4.38. The van der Waals surface area contributed by atoms with Gasteiger partial charge in [-0.15, -0.1) is 11.3 Å². The quantitative estimate of drug-likeness (QED) is 0.889. The Hall–Kier alpha value is -2.34. The van der Waals surface area contributed by atoms with Gasteiger partial charge in [0.05, 0.1) is 6.04 Å².